The Kier molecular flexibility index (Phi) is 8.35. The van der Waals surface area contributed by atoms with Crippen molar-refractivity contribution < 1.29 is 23.4 Å². The molecule has 36 heavy (non-hydrogen) atoms. The molecule has 0 atom stereocenters. The summed E-state index contributed by atoms with van der Waals surface area (Å²) >= 11 is 0. The van der Waals surface area contributed by atoms with Crippen LogP contribution < -0.4 is 23.5 Å². The van der Waals surface area contributed by atoms with Gasteiger partial charge in [0.2, 0.25) is 8.32 Å². The molecule has 0 aliphatic heterocycles. The fourth-order valence-electron chi connectivity index (χ4n) is 3.56. The van der Waals surface area contributed by atoms with Crippen molar-refractivity contribution in [3.05, 3.63) is 77.9 Å². The monoisotopic (exact) mass is 507 g/mol. The van der Waals surface area contributed by atoms with Gasteiger partial charge in [0.05, 0.1) is 33.4 Å². The molecule has 192 valence electrons. The van der Waals surface area contributed by atoms with Gasteiger partial charge in [-0.25, -0.2) is 0 Å². The molecule has 0 aliphatic carbocycles. The highest BCUT2D eigenvalue weighted by Gasteiger charge is 2.39. The Bertz CT molecular complexity index is 1150. The Hall–Kier alpha value is -3.45. The van der Waals surface area contributed by atoms with Crippen LogP contribution in [0.4, 0.5) is 5.69 Å². The molecule has 3 aromatic rings. The van der Waals surface area contributed by atoms with Crippen LogP contribution in [0.2, 0.25) is 18.1 Å². The van der Waals surface area contributed by atoms with E-state index in [-0.39, 0.29) is 17.5 Å². The predicted octanol–water partition coefficient (Wildman–Crippen LogP) is 6.94. The average Bonchev–Trinajstić information content (AvgIpc) is 2.86. The van der Waals surface area contributed by atoms with Crippen molar-refractivity contribution in [1.29, 1.82) is 0 Å². The molecule has 0 aromatic heterocycles. The molecule has 0 radical (unpaired) electrons. The first kappa shape index (κ1) is 27.1. The lowest BCUT2D eigenvalue weighted by Crippen LogP contribution is -2.43. The van der Waals surface area contributed by atoms with Crippen LogP contribution in [0, 0.1) is 0 Å². The van der Waals surface area contributed by atoms with Crippen molar-refractivity contribution in [3.63, 3.8) is 0 Å². The first-order valence-electron chi connectivity index (χ1n) is 12.0. The molecule has 3 rings (SSSR count). The number of carbonyl (C=O) groups excluding carboxylic acids is 1. The molecule has 6 nitrogen and oxygen atoms in total. The normalized spacial score (nSPS) is 11.6. The number of nitrogens with zero attached hydrogens (tertiary/aromatic N) is 1. The molecule has 0 N–H and O–H groups in total. The second kappa shape index (κ2) is 11.1. The van der Waals surface area contributed by atoms with Gasteiger partial charge < -0.3 is 23.5 Å². The second-order valence-corrected chi connectivity index (χ2v) is 14.8. The van der Waals surface area contributed by atoms with Gasteiger partial charge in [-0.05, 0) is 54.5 Å². The molecule has 0 saturated heterocycles. The zero-order valence-corrected chi connectivity index (χ0v) is 23.5. The van der Waals surface area contributed by atoms with Crippen LogP contribution in [-0.4, -0.2) is 35.6 Å². The van der Waals surface area contributed by atoms with Gasteiger partial charge in [0.15, 0.2) is 0 Å². The summed E-state index contributed by atoms with van der Waals surface area (Å²) in [5, 5.41) is 0.0411. The largest absolute Gasteiger partial charge is 0.543 e. The standard InChI is InChI=1S/C29H37NO5Si/c1-29(2,3)36(7,8)35-24-18-26(33-5)25(27(19-24)34-6)20-30(22-14-16-23(32-4)17-15-22)28(31)21-12-10-9-11-13-21/h9-19H,20H2,1-8H3. The molecule has 0 bridgehead atoms. The predicted molar refractivity (Wildman–Crippen MR) is 147 cm³/mol. The van der Waals surface area contributed by atoms with Crippen LogP contribution in [0.25, 0.3) is 0 Å². The van der Waals surface area contributed by atoms with Gasteiger partial charge in [0.1, 0.15) is 23.0 Å². The Labute approximate surface area is 215 Å². The summed E-state index contributed by atoms with van der Waals surface area (Å²) in [7, 11) is 2.77. The van der Waals surface area contributed by atoms with Crippen molar-refractivity contribution in [1.82, 2.24) is 0 Å². The number of carbonyl (C=O) groups is 1. The van der Waals surface area contributed by atoms with Gasteiger partial charge in [-0.3, -0.25) is 4.79 Å². The minimum absolute atomic E-state index is 0.0411. The molecule has 0 heterocycles. The van der Waals surface area contributed by atoms with E-state index in [2.05, 4.69) is 33.9 Å². The number of amides is 1. The highest BCUT2D eigenvalue weighted by atomic mass is 28.4. The molecule has 0 aliphatic rings. The SMILES string of the molecule is COc1ccc(N(Cc2c(OC)cc(O[Si](C)(C)C(C)(C)C)cc2OC)C(=O)c2ccccc2)cc1. The lowest BCUT2D eigenvalue weighted by Gasteiger charge is -2.36. The van der Waals surface area contributed by atoms with Gasteiger partial charge in [-0.15, -0.1) is 0 Å². The van der Waals surface area contributed by atoms with Crippen molar-refractivity contribution >= 4 is 19.9 Å². The molecule has 7 heteroatoms. The van der Waals surface area contributed by atoms with Crippen LogP contribution in [0.1, 0.15) is 36.7 Å². The van der Waals surface area contributed by atoms with Crippen LogP contribution in [0.15, 0.2) is 66.7 Å². The van der Waals surface area contributed by atoms with Crippen molar-refractivity contribution in [2.24, 2.45) is 0 Å². The lowest BCUT2D eigenvalue weighted by molar-refractivity contribution is 0.0985. The number of anilines is 1. The maximum Gasteiger partial charge on any atom is 0.258 e. The number of methoxy groups -OCH3 is 3. The van der Waals surface area contributed by atoms with E-state index in [1.165, 1.54) is 0 Å². The van der Waals surface area contributed by atoms with Gasteiger partial charge in [-0.2, -0.15) is 0 Å². The fourth-order valence-corrected chi connectivity index (χ4v) is 4.57. The van der Waals surface area contributed by atoms with E-state index < -0.39 is 8.32 Å². The summed E-state index contributed by atoms with van der Waals surface area (Å²) in [4.78, 5) is 15.4. The molecular weight excluding hydrogens is 470 g/mol. The minimum atomic E-state index is -2.08. The van der Waals surface area contributed by atoms with E-state index in [1.54, 1.807) is 26.2 Å². The average molecular weight is 508 g/mol. The van der Waals surface area contributed by atoms with E-state index >= 15 is 0 Å². The summed E-state index contributed by atoms with van der Waals surface area (Å²) in [5.74, 6) is 2.48. The summed E-state index contributed by atoms with van der Waals surface area (Å²) in [6.07, 6.45) is 0. The van der Waals surface area contributed by atoms with Crippen LogP contribution in [0.5, 0.6) is 23.0 Å². The zero-order valence-electron chi connectivity index (χ0n) is 22.5. The molecule has 0 spiro atoms. The van der Waals surface area contributed by atoms with E-state index in [0.29, 0.717) is 28.6 Å². The third-order valence-corrected chi connectivity index (χ3v) is 11.1. The quantitative estimate of drug-likeness (QED) is 0.294. The molecular formula is C29H37NO5Si. The van der Waals surface area contributed by atoms with Gasteiger partial charge in [-0.1, -0.05) is 39.0 Å². The van der Waals surface area contributed by atoms with E-state index in [0.717, 1.165) is 11.3 Å². The molecule has 0 saturated carbocycles. The van der Waals surface area contributed by atoms with E-state index in [4.69, 9.17) is 18.6 Å². The maximum atomic E-state index is 13.7. The summed E-state index contributed by atoms with van der Waals surface area (Å²) in [6, 6.07) is 20.4. The third-order valence-electron chi connectivity index (χ3n) is 6.73. The molecule has 1 amide bonds. The summed E-state index contributed by atoms with van der Waals surface area (Å²) in [6.45, 7) is 11.2. The lowest BCUT2D eigenvalue weighted by atomic mass is 10.1. The van der Waals surface area contributed by atoms with Crippen LogP contribution >= 0.6 is 0 Å². The van der Waals surface area contributed by atoms with E-state index in [1.807, 2.05) is 66.7 Å². The zero-order chi connectivity index (χ0) is 26.5. The van der Waals surface area contributed by atoms with Gasteiger partial charge in [0.25, 0.3) is 5.91 Å². The Morgan fingerprint density at radius 3 is 1.83 bits per heavy atom. The summed E-state index contributed by atoms with van der Waals surface area (Å²) in [5.41, 5.74) is 2.07. The number of hydrogen-bond donors (Lipinski definition) is 0. The van der Waals surface area contributed by atoms with Crippen molar-refractivity contribution in [2.45, 2.75) is 45.4 Å². The van der Waals surface area contributed by atoms with Gasteiger partial charge in [0, 0.05) is 23.4 Å². The molecule has 0 unspecified atom stereocenters. The molecule has 3 aromatic carbocycles. The third kappa shape index (κ3) is 6.02. The van der Waals surface area contributed by atoms with Gasteiger partial charge >= 0.3 is 0 Å². The first-order chi connectivity index (χ1) is 17.0. The number of rotatable bonds is 9. The van der Waals surface area contributed by atoms with E-state index in [9.17, 15) is 4.79 Å². The number of benzene rings is 3. The topological polar surface area (TPSA) is 57.2 Å². The minimum Gasteiger partial charge on any atom is -0.543 e. The Morgan fingerprint density at radius 1 is 0.806 bits per heavy atom. The second-order valence-electron chi connectivity index (χ2n) is 10.1. The number of ether oxygens (including phenoxy) is 3. The molecule has 0 fully saturated rings. The highest BCUT2D eigenvalue weighted by Crippen LogP contribution is 2.41. The Morgan fingerprint density at radius 2 is 1.36 bits per heavy atom. The van der Waals surface area contributed by atoms with Crippen molar-refractivity contribution in [3.8, 4) is 23.0 Å². The van der Waals surface area contributed by atoms with Crippen LogP contribution in [-0.2, 0) is 6.54 Å². The number of hydrogen-bond acceptors (Lipinski definition) is 5. The van der Waals surface area contributed by atoms with Crippen molar-refractivity contribution in [2.75, 3.05) is 26.2 Å². The van der Waals surface area contributed by atoms with Crippen LogP contribution in [0.3, 0.4) is 0 Å². The highest BCUT2D eigenvalue weighted by molar-refractivity contribution is 6.74. The summed E-state index contributed by atoms with van der Waals surface area (Å²) < 4.78 is 23.4. The fraction of sp³-hybridized carbons (Fsp3) is 0.345. The smallest absolute Gasteiger partial charge is 0.258 e. The first-order valence-corrected chi connectivity index (χ1v) is 14.9. The Balaban J connectivity index is 2.06. The maximum absolute atomic E-state index is 13.7.